The predicted molar refractivity (Wildman–Crippen MR) is 122 cm³/mol. The number of methoxy groups -OCH3 is 1. The largest absolute Gasteiger partial charge is 0.489 e. The molecule has 0 amide bonds. The molecule has 0 saturated carbocycles. The highest BCUT2D eigenvalue weighted by molar-refractivity contribution is 7.89. The van der Waals surface area contributed by atoms with E-state index in [1.165, 1.54) is 11.4 Å². The summed E-state index contributed by atoms with van der Waals surface area (Å²) < 4.78 is 36.8. The van der Waals surface area contributed by atoms with E-state index < -0.39 is 22.0 Å². The van der Waals surface area contributed by atoms with Crippen LogP contribution >= 0.6 is 0 Å². The predicted octanol–water partition coefficient (Wildman–Crippen LogP) is 4.01. The van der Waals surface area contributed by atoms with Crippen LogP contribution in [0.2, 0.25) is 0 Å². The maximum absolute atomic E-state index is 12.4. The van der Waals surface area contributed by atoms with E-state index in [2.05, 4.69) is 12.1 Å². The van der Waals surface area contributed by atoms with Crippen molar-refractivity contribution in [1.29, 1.82) is 0 Å². The fourth-order valence-corrected chi connectivity index (χ4v) is 5.51. The molecule has 32 heavy (non-hydrogen) atoms. The molecule has 0 bridgehead atoms. The number of carbonyl (C=O) groups is 1. The van der Waals surface area contributed by atoms with Gasteiger partial charge in [0.15, 0.2) is 0 Å². The van der Waals surface area contributed by atoms with Gasteiger partial charge in [-0.3, -0.25) is 4.79 Å². The lowest BCUT2D eigenvalue weighted by Crippen LogP contribution is -2.38. The van der Waals surface area contributed by atoms with E-state index >= 15 is 0 Å². The normalized spacial score (nSPS) is 17.7. The first kappa shape index (κ1) is 22.0. The van der Waals surface area contributed by atoms with E-state index in [-0.39, 0.29) is 18.7 Å². The van der Waals surface area contributed by atoms with E-state index in [0.29, 0.717) is 6.61 Å². The maximum atomic E-state index is 12.4. The average Bonchev–Trinajstić information content (AvgIpc) is 3.12. The quantitative estimate of drug-likeness (QED) is 0.508. The van der Waals surface area contributed by atoms with Crippen LogP contribution in [0.25, 0.3) is 11.1 Å². The molecule has 0 aliphatic carbocycles. The van der Waals surface area contributed by atoms with Crippen LogP contribution < -0.4 is 4.74 Å². The second kappa shape index (κ2) is 9.54. The molecule has 4 rings (SSSR count). The Morgan fingerprint density at radius 2 is 1.62 bits per heavy atom. The van der Waals surface area contributed by atoms with Gasteiger partial charge in [0.25, 0.3) is 0 Å². The minimum atomic E-state index is -3.48. The summed E-state index contributed by atoms with van der Waals surface area (Å²) in [5, 5.41) is 0. The molecule has 3 aromatic carbocycles. The van der Waals surface area contributed by atoms with Gasteiger partial charge in [-0.15, -0.1) is 0 Å². The SMILES string of the molecule is COC(=O)C1CCS(=O)(=O)N1Cc1cccc(COc2ccc(-c3ccccc3)cc2)c1. The summed E-state index contributed by atoms with van der Waals surface area (Å²) in [4.78, 5) is 12.0. The second-order valence-electron chi connectivity index (χ2n) is 7.69. The molecule has 1 heterocycles. The second-order valence-corrected chi connectivity index (χ2v) is 9.73. The van der Waals surface area contributed by atoms with E-state index in [0.717, 1.165) is 28.0 Å². The van der Waals surface area contributed by atoms with Crippen LogP contribution in [0.5, 0.6) is 5.75 Å². The fourth-order valence-electron chi connectivity index (χ4n) is 3.83. The number of hydrogen-bond donors (Lipinski definition) is 0. The van der Waals surface area contributed by atoms with Crippen LogP contribution in [0.15, 0.2) is 78.9 Å². The maximum Gasteiger partial charge on any atom is 0.324 e. The third-order valence-corrected chi connectivity index (χ3v) is 7.37. The summed E-state index contributed by atoms with van der Waals surface area (Å²) in [6.07, 6.45) is 0.247. The molecule has 0 radical (unpaired) electrons. The van der Waals surface area contributed by atoms with Gasteiger partial charge in [0, 0.05) is 6.54 Å². The molecule has 1 atom stereocenters. The molecule has 1 fully saturated rings. The van der Waals surface area contributed by atoms with Crippen LogP contribution in [0.3, 0.4) is 0 Å². The Morgan fingerprint density at radius 1 is 0.938 bits per heavy atom. The van der Waals surface area contributed by atoms with Gasteiger partial charge < -0.3 is 9.47 Å². The summed E-state index contributed by atoms with van der Waals surface area (Å²) in [6.45, 7) is 0.480. The van der Waals surface area contributed by atoms with Gasteiger partial charge >= 0.3 is 5.97 Å². The third kappa shape index (κ3) is 5.00. The van der Waals surface area contributed by atoms with Gasteiger partial charge in [0.05, 0.1) is 12.9 Å². The molecular weight excluding hydrogens is 426 g/mol. The van der Waals surface area contributed by atoms with Gasteiger partial charge in [-0.2, -0.15) is 4.31 Å². The van der Waals surface area contributed by atoms with Crippen molar-refractivity contribution in [2.45, 2.75) is 25.6 Å². The van der Waals surface area contributed by atoms with E-state index in [4.69, 9.17) is 9.47 Å². The van der Waals surface area contributed by atoms with Gasteiger partial charge in [0.1, 0.15) is 18.4 Å². The number of carbonyl (C=O) groups excluding carboxylic acids is 1. The minimum Gasteiger partial charge on any atom is -0.489 e. The lowest BCUT2D eigenvalue weighted by molar-refractivity contribution is -0.144. The first-order valence-electron chi connectivity index (χ1n) is 10.4. The molecule has 0 spiro atoms. The van der Waals surface area contributed by atoms with Crippen molar-refractivity contribution < 1.29 is 22.7 Å². The molecule has 1 aliphatic rings. The fraction of sp³-hybridized carbons (Fsp3) is 0.240. The molecule has 1 saturated heterocycles. The van der Waals surface area contributed by atoms with Crippen molar-refractivity contribution in [1.82, 2.24) is 4.31 Å². The highest BCUT2D eigenvalue weighted by Gasteiger charge is 2.42. The number of hydrogen-bond acceptors (Lipinski definition) is 5. The minimum absolute atomic E-state index is 0.0471. The number of sulfonamides is 1. The molecule has 3 aromatic rings. The van der Waals surface area contributed by atoms with Crippen LogP contribution in [-0.4, -0.2) is 37.6 Å². The summed E-state index contributed by atoms with van der Waals surface area (Å²) in [5.74, 6) is 0.182. The van der Waals surface area contributed by atoms with Gasteiger partial charge in [0.2, 0.25) is 10.0 Å². The Morgan fingerprint density at radius 3 is 2.34 bits per heavy atom. The Balaban J connectivity index is 1.42. The molecule has 0 N–H and O–H groups in total. The van der Waals surface area contributed by atoms with Crippen molar-refractivity contribution in [3.8, 4) is 16.9 Å². The smallest absolute Gasteiger partial charge is 0.324 e. The highest BCUT2D eigenvalue weighted by Crippen LogP contribution is 2.26. The molecule has 1 unspecified atom stereocenters. The summed E-state index contributed by atoms with van der Waals surface area (Å²) in [6, 6.07) is 24.8. The number of ether oxygens (including phenoxy) is 2. The lowest BCUT2D eigenvalue weighted by Gasteiger charge is -2.21. The van der Waals surface area contributed by atoms with Gasteiger partial charge in [-0.1, -0.05) is 66.7 Å². The van der Waals surface area contributed by atoms with Crippen LogP contribution in [0.4, 0.5) is 0 Å². The van der Waals surface area contributed by atoms with Crippen LogP contribution in [0.1, 0.15) is 17.5 Å². The summed E-state index contributed by atoms with van der Waals surface area (Å²) in [5.41, 5.74) is 3.98. The molecule has 166 valence electrons. The molecule has 7 heteroatoms. The number of rotatable bonds is 7. The van der Waals surface area contributed by atoms with Crippen molar-refractivity contribution in [3.63, 3.8) is 0 Å². The summed E-state index contributed by atoms with van der Waals surface area (Å²) in [7, 11) is -2.21. The highest BCUT2D eigenvalue weighted by atomic mass is 32.2. The number of benzene rings is 3. The molecular formula is C25H25NO5S. The average molecular weight is 452 g/mol. The Bertz CT molecular complexity index is 1180. The monoisotopic (exact) mass is 451 g/mol. The van der Waals surface area contributed by atoms with E-state index in [1.807, 2.05) is 66.7 Å². The Labute approximate surface area is 188 Å². The molecule has 0 aromatic heterocycles. The van der Waals surface area contributed by atoms with Crippen molar-refractivity contribution >= 4 is 16.0 Å². The first-order valence-corrected chi connectivity index (χ1v) is 12.0. The van der Waals surface area contributed by atoms with Gasteiger partial charge in [-0.05, 0) is 40.8 Å². The zero-order chi connectivity index (χ0) is 22.6. The molecule has 6 nitrogen and oxygen atoms in total. The van der Waals surface area contributed by atoms with E-state index in [1.54, 1.807) is 0 Å². The lowest BCUT2D eigenvalue weighted by atomic mass is 10.1. The molecule has 1 aliphatic heterocycles. The Kier molecular flexibility index (Phi) is 6.58. The van der Waals surface area contributed by atoms with Crippen LogP contribution in [-0.2, 0) is 32.7 Å². The third-order valence-electron chi connectivity index (χ3n) is 5.52. The van der Waals surface area contributed by atoms with E-state index in [9.17, 15) is 13.2 Å². The van der Waals surface area contributed by atoms with Crippen molar-refractivity contribution in [2.75, 3.05) is 12.9 Å². The number of esters is 1. The zero-order valence-electron chi connectivity index (χ0n) is 17.8. The summed E-state index contributed by atoms with van der Waals surface area (Å²) >= 11 is 0. The van der Waals surface area contributed by atoms with Crippen LogP contribution in [0, 0.1) is 0 Å². The Hall–Kier alpha value is -3.16. The van der Waals surface area contributed by atoms with Crippen molar-refractivity contribution in [3.05, 3.63) is 90.0 Å². The number of nitrogens with zero attached hydrogens (tertiary/aromatic N) is 1. The zero-order valence-corrected chi connectivity index (χ0v) is 18.6. The topological polar surface area (TPSA) is 72.9 Å². The first-order chi connectivity index (χ1) is 15.5. The van der Waals surface area contributed by atoms with Gasteiger partial charge in [-0.25, -0.2) is 8.42 Å². The van der Waals surface area contributed by atoms with Crippen molar-refractivity contribution in [2.24, 2.45) is 0 Å². The standard InChI is InChI=1S/C25H25NO5S/c1-30-25(27)24-14-15-32(28,29)26(24)17-19-6-5-7-20(16-19)18-31-23-12-10-22(11-13-23)21-8-3-2-4-9-21/h2-13,16,24H,14-15,17-18H2,1H3.